The van der Waals surface area contributed by atoms with Crippen molar-refractivity contribution in [1.82, 2.24) is 9.62 Å². The van der Waals surface area contributed by atoms with Crippen molar-refractivity contribution < 1.29 is 27.4 Å². The number of likely N-dealkylation sites (tertiary alicyclic amines) is 1. The van der Waals surface area contributed by atoms with E-state index >= 15 is 0 Å². The maximum Gasteiger partial charge on any atom is 0.264 e. The lowest BCUT2D eigenvalue weighted by atomic mass is 9.63. The smallest absolute Gasteiger partial charge is 0.264 e. The molecular weight excluding hydrogens is 710 g/mol. The van der Waals surface area contributed by atoms with E-state index in [1.54, 1.807) is 13.0 Å². The summed E-state index contributed by atoms with van der Waals surface area (Å²) in [6.07, 6.45) is 12.5. The second-order valence-corrected chi connectivity index (χ2v) is 19.7. The van der Waals surface area contributed by atoms with Gasteiger partial charge in [-0.15, -0.1) is 0 Å². The molecule has 11 heteroatoms. The maximum absolute atomic E-state index is 13.7. The fourth-order valence-corrected chi connectivity index (χ4v) is 11.7. The van der Waals surface area contributed by atoms with Gasteiger partial charge >= 0.3 is 0 Å². The summed E-state index contributed by atoms with van der Waals surface area (Å²) in [6, 6.07) is 11.7. The second-order valence-electron chi connectivity index (χ2n) is 17.2. The number of fused-ring (bicyclic) bond motifs is 4. The van der Waals surface area contributed by atoms with Crippen LogP contribution in [0.1, 0.15) is 87.2 Å². The van der Waals surface area contributed by atoms with Gasteiger partial charge in [-0.05, 0) is 138 Å². The van der Waals surface area contributed by atoms with E-state index in [-0.39, 0.29) is 17.3 Å². The zero-order chi connectivity index (χ0) is 37.0. The van der Waals surface area contributed by atoms with Crippen LogP contribution >= 0.6 is 11.6 Å². The van der Waals surface area contributed by atoms with Gasteiger partial charge in [0.05, 0.1) is 30.8 Å². The first-order chi connectivity index (χ1) is 25.4. The number of hydrogen-bond acceptors (Lipinski definition) is 8. The minimum absolute atomic E-state index is 0.213. The zero-order valence-electron chi connectivity index (χ0n) is 31.6. The number of amides is 1. The van der Waals surface area contributed by atoms with Crippen molar-refractivity contribution in [2.75, 3.05) is 64.1 Å². The molecule has 1 N–H and O–H groups in total. The van der Waals surface area contributed by atoms with E-state index in [4.69, 9.17) is 25.8 Å². The molecule has 6 atom stereocenters. The first kappa shape index (κ1) is 37.3. The maximum atomic E-state index is 13.7. The number of aryl methyl sites for hydroxylation is 1. The van der Waals surface area contributed by atoms with Crippen LogP contribution in [0.2, 0.25) is 5.02 Å². The summed E-state index contributed by atoms with van der Waals surface area (Å²) >= 11 is 6.51. The standard InChI is InChI=1S/C42H56ClN3O6S/c1-4-52-42(25-45-19-17-40(18-20-45)26-50-27-40)16-5-7-29(2)30(3)53(48,49)44-39(47)32-10-14-38-37(22-32)46(23-33-9-12-36(33)42)24-41(28-51-38)15-6-8-31-21-34(43)11-13-35(31)41/h5,10-11,13-14,16,21-22,29-30,33,36H,4,6-9,12,15,17-20,23-28H2,1-3H3,(H,44,47)/b16-5-/t29-,30+,33-,36+,41-,42-/m0/s1. The third kappa shape index (κ3) is 7.05. The molecule has 6 aliphatic rings. The molecular formula is C42H56ClN3O6S. The molecule has 4 heterocycles. The van der Waals surface area contributed by atoms with Gasteiger partial charge in [0.25, 0.3) is 5.91 Å². The molecule has 2 spiro atoms. The number of halogens is 1. The van der Waals surface area contributed by atoms with Crippen LogP contribution in [-0.4, -0.2) is 89.2 Å². The van der Waals surface area contributed by atoms with Crippen molar-refractivity contribution in [3.63, 3.8) is 0 Å². The number of rotatable bonds is 4. The molecule has 288 valence electrons. The predicted molar refractivity (Wildman–Crippen MR) is 208 cm³/mol. The summed E-state index contributed by atoms with van der Waals surface area (Å²) in [5, 5.41) is -0.0224. The van der Waals surface area contributed by atoms with Crippen LogP contribution in [0.4, 0.5) is 5.69 Å². The number of ether oxygens (including phenoxy) is 3. The minimum Gasteiger partial charge on any atom is -0.490 e. The largest absolute Gasteiger partial charge is 0.490 e. The number of anilines is 1. The fourth-order valence-electron chi connectivity index (χ4n) is 10.2. The highest BCUT2D eigenvalue weighted by Crippen LogP contribution is 2.50. The Morgan fingerprint density at radius 2 is 1.85 bits per heavy atom. The molecule has 8 rings (SSSR count). The average Bonchev–Trinajstić information content (AvgIpc) is 3.25. The van der Waals surface area contributed by atoms with E-state index in [2.05, 4.69) is 45.7 Å². The number of nitrogens with one attached hydrogen (secondary N) is 1. The predicted octanol–water partition coefficient (Wildman–Crippen LogP) is 6.77. The molecule has 9 nitrogen and oxygen atoms in total. The van der Waals surface area contributed by atoms with Gasteiger partial charge in [-0.1, -0.05) is 36.7 Å². The number of carbonyl (C=O) groups is 1. The normalized spacial score (nSPS) is 34.4. The van der Waals surface area contributed by atoms with Crippen LogP contribution < -0.4 is 14.4 Å². The van der Waals surface area contributed by atoms with Gasteiger partial charge in [0.2, 0.25) is 10.0 Å². The number of benzene rings is 2. The summed E-state index contributed by atoms with van der Waals surface area (Å²) in [5.41, 5.74) is 3.29. The van der Waals surface area contributed by atoms with Gasteiger partial charge < -0.3 is 24.0 Å². The highest BCUT2D eigenvalue weighted by atomic mass is 35.5. The Balaban J connectivity index is 1.19. The first-order valence-electron chi connectivity index (χ1n) is 19.9. The van der Waals surface area contributed by atoms with Gasteiger partial charge in [-0.3, -0.25) is 4.79 Å². The van der Waals surface area contributed by atoms with Crippen molar-refractivity contribution in [2.24, 2.45) is 23.2 Å². The fraction of sp³-hybridized carbons (Fsp3) is 0.643. The molecule has 2 saturated heterocycles. The summed E-state index contributed by atoms with van der Waals surface area (Å²) in [4.78, 5) is 18.7. The van der Waals surface area contributed by atoms with Crippen molar-refractivity contribution in [3.8, 4) is 5.75 Å². The second kappa shape index (κ2) is 14.5. The van der Waals surface area contributed by atoms with Gasteiger partial charge in [-0.2, -0.15) is 0 Å². The molecule has 0 radical (unpaired) electrons. The summed E-state index contributed by atoms with van der Waals surface area (Å²) in [6.45, 7) is 13.0. The number of nitrogens with zero attached hydrogens (tertiary/aromatic N) is 2. The highest BCUT2D eigenvalue weighted by molar-refractivity contribution is 7.90. The molecule has 2 aromatic rings. The van der Waals surface area contributed by atoms with Crippen LogP contribution in [-0.2, 0) is 31.3 Å². The van der Waals surface area contributed by atoms with E-state index in [1.807, 2.05) is 25.1 Å². The van der Waals surface area contributed by atoms with Gasteiger partial charge in [-0.25, -0.2) is 13.1 Å². The molecule has 1 amide bonds. The number of hydrogen-bond donors (Lipinski definition) is 1. The molecule has 0 aromatic heterocycles. The number of carbonyl (C=O) groups excluding carboxylic acids is 1. The molecule has 1 saturated carbocycles. The Morgan fingerprint density at radius 3 is 2.57 bits per heavy atom. The number of allylic oxidation sites excluding steroid dienone is 1. The zero-order valence-corrected chi connectivity index (χ0v) is 33.2. The van der Waals surface area contributed by atoms with E-state index in [0.717, 1.165) is 107 Å². The van der Waals surface area contributed by atoms with Crippen molar-refractivity contribution in [3.05, 3.63) is 70.3 Å². The number of piperidine rings is 1. The van der Waals surface area contributed by atoms with Crippen LogP contribution in [0.5, 0.6) is 5.75 Å². The summed E-state index contributed by atoms with van der Waals surface area (Å²) in [7, 11) is -3.95. The Labute approximate surface area is 320 Å². The lowest BCUT2D eigenvalue weighted by Crippen LogP contribution is -2.59. The molecule has 2 aromatic carbocycles. The van der Waals surface area contributed by atoms with Crippen molar-refractivity contribution in [1.29, 1.82) is 0 Å². The third-order valence-corrected chi connectivity index (χ3v) is 16.0. The summed E-state index contributed by atoms with van der Waals surface area (Å²) < 4.78 is 49.0. The number of sulfonamides is 1. The van der Waals surface area contributed by atoms with Gasteiger partial charge in [0, 0.05) is 47.7 Å². The van der Waals surface area contributed by atoms with E-state index in [0.29, 0.717) is 36.5 Å². The van der Waals surface area contributed by atoms with E-state index in [9.17, 15) is 13.2 Å². The molecule has 0 unspecified atom stereocenters. The van der Waals surface area contributed by atoms with Crippen molar-refractivity contribution >= 4 is 33.2 Å². The Kier molecular flexibility index (Phi) is 10.2. The van der Waals surface area contributed by atoms with Crippen LogP contribution in [0.25, 0.3) is 0 Å². The third-order valence-electron chi connectivity index (χ3n) is 13.9. The monoisotopic (exact) mass is 765 g/mol. The minimum atomic E-state index is -3.95. The topological polar surface area (TPSA) is 97.4 Å². The lowest BCUT2D eigenvalue weighted by Gasteiger charge is -2.54. The Bertz CT molecular complexity index is 1840. The summed E-state index contributed by atoms with van der Waals surface area (Å²) in [5.74, 6) is 0.522. The van der Waals surface area contributed by atoms with E-state index < -0.39 is 26.8 Å². The SMILES string of the molecule is CCO[C@]1(CN2CCC3(CC2)COC3)/C=C\C[C@H](C)[C@@H](C)S(=O)(=O)NC(=O)c2ccc3c(c2)N(C[C@@H]2CC[C@H]21)C[C@@]1(CCCc2cc(Cl)ccc21)CO3. The first-order valence-corrected chi connectivity index (χ1v) is 21.8. The van der Waals surface area contributed by atoms with Gasteiger partial charge in [0.15, 0.2) is 0 Å². The quantitative estimate of drug-likeness (QED) is 0.341. The highest BCUT2D eigenvalue weighted by Gasteiger charge is 2.51. The van der Waals surface area contributed by atoms with E-state index in [1.165, 1.54) is 11.1 Å². The molecule has 2 aliphatic carbocycles. The van der Waals surface area contributed by atoms with Crippen LogP contribution in [0, 0.1) is 23.2 Å². The Morgan fingerprint density at radius 1 is 1.04 bits per heavy atom. The van der Waals surface area contributed by atoms with Crippen LogP contribution in [0.15, 0.2) is 48.6 Å². The molecule has 2 bridgehead atoms. The lowest BCUT2D eigenvalue weighted by molar-refractivity contribution is -0.152. The van der Waals surface area contributed by atoms with Crippen LogP contribution in [0.3, 0.4) is 0 Å². The molecule has 3 fully saturated rings. The molecule has 53 heavy (non-hydrogen) atoms. The average molecular weight is 766 g/mol. The van der Waals surface area contributed by atoms with Gasteiger partial charge in [0.1, 0.15) is 11.4 Å². The molecule has 4 aliphatic heterocycles. The Hall–Kier alpha value is -2.63. The van der Waals surface area contributed by atoms with Crippen molar-refractivity contribution in [2.45, 2.75) is 88.4 Å².